The molecule has 1 unspecified atom stereocenters. The van der Waals surface area contributed by atoms with Crippen molar-refractivity contribution in [3.63, 3.8) is 0 Å². The molecule has 2 rings (SSSR count). The minimum absolute atomic E-state index is 0.00335. The maximum Gasteiger partial charge on any atom is 0.251 e. The first-order valence-electron chi connectivity index (χ1n) is 7.26. The molecule has 0 spiro atoms. The van der Waals surface area contributed by atoms with Crippen LogP contribution in [0.25, 0.3) is 0 Å². The van der Waals surface area contributed by atoms with Crippen LogP contribution in [-0.2, 0) is 0 Å². The van der Waals surface area contributed by atoms with Gasteiger partial charge in [-0.1, -0.05) is 19.1 Å². The number of aryl methyl sites for hydroxylation is 1. The van der Waals surface area contributed by atoms with Crippen molar-refractivity contribution in [2.24, 2.45) is 0 Å². The van der Waals surface area contributed by atoms with Gasteiger partial charge in [-0.3, -0.25) is 4.79 Å². The van der Waals surface area contributed by atoms with Crippen LogP contribution in [0.4, 0.5) is 0 Å². The second kappa shape index (κ2) is 7.63. The molecule has 0 bridgehead atoms. The quantitative estimate of drug-likeness (QED) is 0.740. The summed E-state index contributed by atoms with van der Waals surface area (Å²) < 4.78 is 6.40. The number of hydrogen-bond donors (Lipinski definition) is 1. The average molecular weight is 409 g/mol. The van der Waals surface area contributed by atoms with Crippen molar-refractivity contribution in [1.82, 2.24) is 5.32 Å². The van der Waals surface area contributed by atoms with Gasteiger partial charge in [0.2, 0.25) is 0 Å². The fourth-order valence-electron chi connectivity index (χ4n) is 2.38. The molecule has 4 heteroatoms. The minimum atomic E-state index is -0.0447. The molecule has 22 heavy (non-hydrogen) atoms. The molecule has 0 heterocycles. The van der Waals surface area contributed by atoms with Gasteiger partial charge in [0.05, 0.1) is 13.2 Å². The summed E-state index contributed by atoms with van der Waals surface area (Å²) in [5.41, 5.74) is 2.85. The van der Waals surface area contributed by atoms with Gasteiger partial charge >= 0.3 is 0 Å². The van der Waals surface area contributed by atoms with Crippen molar-refractivity contribution >= 4 is 28.5 Å². The summed E-state index contributed by atoms with van der Waals surface area (Å²) in [6.45, 7) is 4.08. The van der Waals surface area contributed by atoms with Gasteiger partial charge in [-0.25, -0.2) is 0 Å². The molecule has 1 N–H and O–H groups in total. The number of benzene rings is 2. The Hall–Kier alpha value is -1.56. The zero-order chi connectivity index (χ0) is 16.1. The van der Waals surface area contributed by atoms with E-state index >= 15 is 0 Å². The van der Waals surface area contributed by atoms with E-state index in [9.17, 15) is 4.79 Å². The van der Waals surface area contributed by atoms with E-state index in [2.05, 4.69) is 40.9 Å². The molecular weight excluding hydrogens is 389 g/mol. The van der Waals surface area contributed by atoms with E-state index in [0.717, 1.165) is 26.9 Å². The van der Waals surface area contributed by atoms with Crippen LogP contribution in [0.5, 0.6) is 5.75 Å². The van der Waals surface area contributed by atoms with Gasteiger partial charge in [0.25, 0.3) is 5.91 Å². The zero-order valence-corrected chi connectivity index (χ0v) is 15.2. The van der Waals surface area contributed by atoms with E-state index < -0.39 is 0 Å². The van der Waals surface area contributed by atoms with Crippen LogP contribution in [0.15, 0.2) is 42.5 Å². The van der Waals surface area contributed by atoms with Gasteiger partial charge in [0, 0.05) is 9.13 Å². The summed E-state index contributed by atoms with van der Waals surface area (Å²) in [4.78, 5) is 12.4. The Morgan fingerprint density at radius 1 is 1.23 bits per heavy atom. The highest BCUT2D eigenvalue weighted by molar-refractivity contribution is 14.1. The number of hydrogen-bond acceptors (Lipinski definition) is 2. The first-order chi connectivity index (χ1) is 10.5. The summed E-state index contributed by atoms with van der Waals surface area (Å²) >= 11 is 2.23. The summed E-state index contributed by atoms with van der Waals surface area (Å²) in [5, 5.41) is 3.10. The third-order valence-electron chi connectivity index (χ3n) is 3.64. The predicted octanol–water partition coefficient (Wildman–Crippen LogP) is 4.49. The third-order valence-corrected chi connectivity index (χ3v) is 4.36. The fourth-order valence-corrected chi connectivity index (χ4v) is 2.74. The molecule has 0 aliphatic rings. The first kappa shape index (κ1) is 16.8. The van der Waals surface area contributed by atoms with Crippen molar-refractivity contribution in [1.29, 1.82) is 0 Å². The molecule has 116 valence electrons. The molecule has 0 aromatic heterocycles. The van der Waals surface area contributed by atoms with Crippen LogP contribution in [0.1, 0.15) is 40.9 Å². The Balaban J connectivity index is 2.16. The van der Waals surface area contributed by atoms with Crippen molar-refractivity contribution < 1.29 is 9.53 Å². The number of halogens is 1. The largest absolute Gasteiger partial charge is 0.496 e. The molecule has 0 radical (unpaired) electrons. The molecule has 0 fully saturated rings. The Kier molecular flexibility index (Phi) is 5.83. The third kappa shape index (κ3) is 4.00. The second-order valence-electron chi connectivity index (χ2n) is 5.17. The van der Waals surface area contributed by atoms with Gasteiger partial charge < -0.3 is 10.1 Å². The molecular formula is C18H20INO2. The van der Waals surface area contributed by atoms with E-state index in [4.69, 9.17) is 4.74 Å². The number of carbonyl (C=O) groups is 1. The van der Waals surface area contributed by atoms with E-state index in [1.807, 2.05) is 43.3 Å². The molecule has 2 aromatic carbocycles. The highest BCUT2D eigenvalue weighted by Gasteiger charge is 2.15. The Bertz CT molecular complexity index is 653. The van der Waals surface area contributed by atoms with Crippen LogP contribution in [0.2, 0.25) is 0 Å². The van der Waals surface area contributed by atoms with Crippen LogP contribution in [-0.4, -0.2) is 13.0 Å². The summed E-state index contributed by atoms with van der Waals surface area (Å²) in [6.07, 6.45) is 0.835. The summed E-state index contributed by atoms with van der Waals surface area (Å²) in [5.74, 6) is 0.819. The topological polar surface area (TPSA) is 38.3 Å². The van der Waals surface area contributed by atoms with Crippen molar-refractivity contribution in [2.45, 2.75) is 26.3 Å². The summed E-state index contributed by atoms with van der Waals surface area (Å²) in [6, 6.07) is 13.6. The van der Waals surface area contributed by atoms with E-state index in [0.29, 0.717) is 5.56 Å². The molecule has 0 aliphatic heterocycles. The zero-order valence-electron chi connectivity index (χ0n) is 13.0. The molecule has 0 saturated heterocycles. The van der Waals surface area contributed by atoms with Crippen molar-refractivity contribution in [3.05, 3.63) is 62.7 Å². The second-order valence-corrected chi connectivity index (χ2v) is 6.42. The highest BCUT2D eigenvalue weighted by Crippen LogP contribution is 2.24. The Labute approximate surface area is 145 Å². The molecule has 1 atom stereocenters. The summed E-state index contributed by atoms with van der Waals surface area (Å²) in [7, 11) is 1.66. The standard InChI is InChI=1S/C18H20INO2/c1-4-16(14-7-10-17(22-3)12(2)11-14)20-18(21)13-5-8-15(19)9-6-13/h5-11,16H,4H2,1-3H3,(H,20,21). The maximum absolute atomic E-state index is 12.4. The lowest BCUT2D eigenvalue weighted by Crippen LogP contribution is -2.28. The number of carbonyl (C=O) groups excluding carboxylic acids is 1. The molecule has 1 amide bonds. The van der Waals surface area contributed by atoms with Gasteiger partial charge in [-0.2, -0.15) is 0 Å². The number of methoxy groups -OCH3 is 1. The molecule has 3 nitrogen and oxygen atoms in total. The van der Waals surface area contributed by atoms with Gasteiger partial charge in [-0.15, -0.1) is 0 Å². The fraction of sp³-hybridized carbons (Fsp3) is 0.278. The monoisotopic (exact) mass is 409 g/mol. The lowest BCUT2D eigenvalue weighted by molar-refractivity contribution is 0.0935. The number of rotatable bonds is 5. The first-order valence-corrected chi connectivity index (χ1v) is 8.34. The van der Waals surface area contributed by atoms with Crippen LogP contribution < -0.4 is 10.1 Å². The SMILES string of the molecule is CCC(NC(=O)c1ccc(I)cc1)c1ccc(OC)c(C)c1. The van der Waals surface area contributed by atoms with Crippen LogP contribution >= 0.6 is 22.6 Å². The number of nitrogens with one attached hydrogen (secondary N) is 1. The molecule has 2 aromatic rings. The van der Waals surface area contributed by atoms with Gasteiger partial charge in [0.15, 0.2) is 0 Å². The lowest BCUT2D eigenvalue weighted by Gasteiger charge is -2.19. The normalized spacial score (nSPS) is 11.8. The minimum Gasteiger partial charge on any atom is -0.496 e. The Morgan fingerprint density at radius 2 is 1.91 bits per heavy atom. The van der Waals surface area contributed by atoms with Crippen LogP contribution in [0, 0.1) is 10.5 Å². The van der Waals surface area contributed by atoms with E-state index in [1.54, 1.807) is 7.11 Å². The molecule has 0 saturated carbocycles. The lowest BCUT2D eigenvalue weighted by atomic mass is 10.0. The van der Waals surface area contributed by atoms with Gasteiger partial charge in [0.1, 0.15) is 5.75 Å². The van der Waals surface area contributed by atoms with Crippen molar-refractivity contribution in [3.8, 4) is 5.75 Å². The maximum atomic E-state index is 12.4. The molecule has 0 aliphatic carbocycles. The number of amides is 1. The highest BCUT2D eigenvalue weighted by atomic mass is 127. The smallest absolute Gasteiger partial charge is 0.251 e. The van der Waals surface area contributed by atoms with Crippen LogP contribution in [0.3, 0.4) is 0 Å². The van der Waals surface area contributed by atoms with Crippen molar-refractivity contribution in [2.75, 3.05) is 7.11 Å². The van der Waals surface area contributed by atoms with Gasteiger partial charge in [-0.05, 0) is 77.4 Å². The van der Waals surface area contributed by atoms with E-state index in [-0.39, 0.29) is 11.9 Å². The average Bonchev–Trinajstić information content (AvgIpc) is 2.53. The van der Waals surface area contributed by atoms with E-state index in [1.165, 1.54) is 0 Å². The number of ether oxygens (including phenoxy) is 1. The Morgan fingerprint density at radius 3 is 2.45 bits per heavy atom. The predicted molar refractivity (Wildman–Crippen MR) is 97.4 cm³/mol.